The fourth-order valence-corrected chi connectivity index (χ4v) is 6.66. The van der Waals surface area contributed by atoms with Crippen molar-refractivity contribution in [2.45, 2.75) is 69.2 Å². The molecule has 2 heterocycles. The molecule has 0 saturated carbocycles. The van der Waals surface area contributed by atoms with E-state index in [1.807, 2.05) is 12.1 Å². The number of amides is 1. The van der Waals surface area contributed by atoms with E-state index in [9.17, 15) is 19.5 Å². The van der Waals surface area contributed by atoms with Gasteiger partial charge in [-0.05, 0) is 50.1 Å². The largest absolute Gasteiger partial charge is 0.493 e. The van der Waals surface area contributed by atoms with E-state index in [4.69, 9.17) is 14.2 Å². The Morgan fingerprint density at radius 1 is 1.25 bits per heavy atom. The lowest BCUT2D eigenvalue weighted by molar-refractivity contribution is -0.155. The van der Waals surface area contributed by atoms with Crippen LogP contribution in [0.3, 0.4) is 0 Å². The van der Waals surface area contributed by atoms with Crippen LogP contribution < -0.4 is 14.8 Å². The molecule has 1 unspecified atom stereocenters. The van der Waals surface area contributed by atoms with Gasteiger partial charge < -0.3 is 29.5 Å². The van der Waals surface area contributed by atoms with Crippen molar-refractivity contribution in [3.05, 3.63) is 35.4 Å². The summed E-state index contributed by atoms with van der Waals surface area (Å²) in [6.45, 7) is 4.36. The van der Waals surface area contributed by atoms with Crippen molar-refractivity contribution in [2.24, 2.45) is 11.8 Å². The number of carboxylic acids is 1. The Bertz CT molecular complexity index is 1120. The molecule has 1 spiro atoms. The average molecular weight is 499 g/mol. The molecule has 2 aliphatic carbocycles. The normalized spacial score (nSPS) is 30.2. The Balaban J connectivity index is 1.34. The number of carbonyl (C=O) groups is 3. The van der Waals surface area contributed by atoms with Crippen molar-refractivity contribution in [3.8, 4) is 11.5 Å². The van der Waals surface area contributed by atoms with Crippen LogP contribution in [0.1, 0.15) is 44.2 Å². The summed E-state index contributed by atoms with van der Waals surface area (Å²) in [5.74, 6) is -0.687. The van der Waals surface area contributed by atoms with E-state index in [1.165, 1.54) is 11.1 Å². The predicted octanol–water partition coefficient (Wildman–Crippen LogP) is 2.06. The fraction of sp³-hybridized carbons (Fsp3) is 0.593. The summed E-state index contributed by atoms with van der Waals surface area (Å²) < 4.78 is 18.1. The third-order valence-electron chi connectivity index (χ3n) is 8.41. The zero-order chi connectivity index (χ0) is 25.8. The van der Waals surface area contributed by atoms with Gasteiger partial charge in [0.25, 0.3) is 0 Å². The minimum absolute atomic E-state index is 0.142. The molecule has 1 saturated heterocycles. The molecule has 0 aromatic heterocycles. The summed E-state index contributed by atoms with van der Waals surface area (Å²) in [4.78, 5) is 38.8. The van der Waals surface area contributed by atoms with Crippen molar-refractivity contribution in [3.63, 3.8) is 0 Å². The molecule has 2 aliphatic heterocycles. The Hall–Kier alpha value is -3.07. The molecule has 1 fully saturated rings. The van der Waals surface area contributed by atoms with Crippen molar-refractivity contribution >= 4 is 17.8 Å². The van der Waals surface area contributed by atoms with Gasteiger partial charge in [0, 0.05) is 29.4 Å². The van der Waals surface area contributed by atoms with Crippen molar-refractivity contribution in [2.75, 3.05) is 20.7 Å². The number of likely N-dealkylation sites (tertiary alicyclic amines) is 1. The summed E-state index contributed by atoms with van der Waals surface area (Å²) in [6, 6.07) is 3.43. The van der Waals surface area contributed by atoms with Gasteiger partial charge in [-0.2, -0.15) is 0 Å². The van der Waals surface area contributed by atoms with Gasteiger partial charge in [-0.25, -0.2) is 4.79 Å². The Morgan fingerprint density at radius 3 is 2.72 bits per heavy atom. The number of rotatable bonds is 8. The highest BCUT2D eigenvalue weighted by Crippen LogP contribution is 2.62. The van der Waals surface area contributed by atoms with Crippen molar-refractivity contribution < 1.29 is 33.7 Å². The second-order valence-electron chi connectivity index (χ2n) is 10.7. The first kappa shape index (κ1) is 24.6. The van der Waals surface area contributed by atoms with E-state index in [2.05, 4.69) is 29.4 Å². The van der Waals surface area contributed by atoms with Crippen molar-refractivity contribution in [1.82, 2.24) is 10.2 Å². The second kappa shape index (κ2) is 9.10. The van der Waals surface area contributed by atoms with E-state index < -0.39 is 30.0 Å². The molecular formula is C27H34N2O7. The molecule has 36 heavy (non-hydrogen) atoms. The Kier molecular flexibility index (Phi) is 6.22. The first-order chi connectivity index (χ1) is 17.2. The topological polar surface area (TPSA) is 114 Å². The van der Waals surface area contributed by atoms with Crippen LogP contribution in [0.15, 0.2) is 24.3 Å². The van der Waals surface area contributed by atoms with E-state index >= 15 is 0 Å². The number of carbonyl (C=O) groups excluding carboxylic acids is 2. The van der Waals surface area contributed by atoms with E-state index in [0.717, 1.165) is 25.1 Å². The number of hydrogen-bond acceptors (Lipinski definition) is 7. The van der Waals surface area contributed by atoms with Crippen LogP contribution >= 0.6 is 0 Å². The molecule has 5 rings (SSSR count). The lowest BCUT2D eigenvalue weighted by atomic mass is 9.53. The number of likely N-dealkylation sites (N-methyl/N-ethyl adjacent to an activating group) is 1. The maximum absolute atomic E-state index is 12.8. The first-order valence-corrected chi connectivity index (χ1v) is 12.6. The molecule has 6 atom stereocenters. The number of nitrogens with one attached hydrogen (secondary N) is 1. The molecule has 2 N–H and O–H groups in total. The molecule has 0 radical (unpaired) electrons. The highest BCUT2D eigenvalue weighted by molar-refractivity contribution is 5.86. The quantitative estimate of drug-likeness (QED) is 0.414. The third kappa shape index (κ3) is 3.75. The van der Waals surface area contributed by atoms with E-state index in [-0.39, 0.29) is 36.2 Å². The molecule has 9 nitrogen and oxygen atoms in total. The maximum Gasteiger partial charge on any atom is 0.326 e. The van der Waals surface area contributed by atoms with Gasteiger partial charge in [0.2, 0.25) is 5.91 Å². The molecule has 9 heteroatoms. The first-order valence-electron chi connectivity index (χ1n) is 12.6. The van der Waals surface area contributed by atoms with Crippen LogP contribution in [0, 0.1) is 11.8 Å². The summed E-state index contributed by atoms with van der Waals surface area (Å²) in [5.41, 5.74) is 2.16. The summed E-state index contributed by atoms with van der Waals surface area (Å²) >= 11 is 0. The fourth-order valence-electron chi connectivity index (χ4n) is 6.66. The zero-order valence-electron chi connectivity index (χ0n) is 21.2. The third-order valence-corrected chi connectivity index (χ3v) is 8.41. The lowest BCUT2D eigenvalue weighted by Crippen LogP contribution is -2.65. The minimum Gasteiger partial charge on any atom is -0.493 e. The summed E-state index contributed by atoms with van der Waals surface area (Å²) in [7, 11) is 3.80. The minimum atomic E-state index is -1.10. The SMILES string of the molecule is COc1ccc2c3c1O[C@H]1[C@@H](OC(=O)CCC(=O)N[C@H](C(=O)O)C(C)C)C=CC4[C@@H](C2)N(C)CC[C@@]341. The van der Waals surface area contributed by atoms with Gasteiger partial charge >= 0.3 is 11.9 Å². The van der Waals surface area contributed by atoms with Gasteiger partial charge in [0.05, 0.1) is 13.5 Å². The van der Waals surface area contributed by atoms with Crippen LogP contribution in [0.2, 0.25) is 0 Å². The number of benzene rings is 1. The van der Waals surface area contributed by atoms with Gasteiger partial charge in [-0.1, -0.05) is 26.0 Å². The smallest absolute Gasteiger partial charge is 0.326 e. The van der Waals surface area contributed by atoms with Crippen molar-refractivity contribution in [1.29, 1.82) is 0 Å². The molecule has 1 amide bonds. The van der Waals surface area contributed by atoms with Gasteiger partial charge in [-0.3, -0.25) is 9.59 Å². The number of esters is 1. The highest BCUT2D eigenvalue weighted by Gasteiger charge is 2.65. The van der Waals surface area contributed by atoms with Crippen LogP contribution in [-0.4, -0.2) is 72.8 Å². The van der Waals surface area contributed by atoms with E-state index in [0.29, 0.717) is 11.8 Å². The molecule has 4 aliphatic rings. The monoisotopic (exact) mass is 498 g/mol. The van der Waals surface area contributed by atoms with Gasteiger partial charge in [0.1, 0.15) is 12.1 Å². The number of methoxy groups -OCH3 is 1. The van der Waals surface area contributed by atoms with Gasteiger partial charge in [0.15, 0.2) is 17.6 Å². The Morgan fingerprint density at radius 2 is 2.03 bits per heavy atom. The zero-order valence-corrected chi connectivity index (χ0v) is 21.2. The number of aliphatic carboxylic acids is 1. The average Bonchev–Trinajstić information content (AvgIpc) is 3.19. The van der Waals surface area contributed by atoms with Crippen LogP contribution in [0.25, 0.3) is 0 Å². The molecule has 1 aromatic carbocycles. The summed E-state index contributed by atoms with van der Waals surface area (Å²) in [6.07, 6.45) is 4.68. The lowest BCUT2D eigenvalue weighted by Gasteiger charge is -2.56. The molecule has 1 aromatic rings. The number of ether oxygens (including phenoxy) is 3. The summed E-state index contributed by atoms with van der Waals surface area (Å²) in [5, 5.41) is 11.8. The van der Waals surface area contributed by atoms with Gasteiger partial charge in [-0.15, -0.1) is 0 Å². The molecular weight excluding hydrogens is 464 g/mol. The van der Waals surface area contributed by atoms with Crippen LogP contribution in [-0.2, 0) is 31.0 Å². The maximum atomic E-state index is 12.8. The second-order valence-corrected chi connectivity index (χ2v) is 10.7. The molecule has 2 bridgehead atoms. The van der Waals surface area contributed by atoms with E-state index in [1.54, 1.807) is 21.0 Å². The van der Waals surface area contributed by atoms with Crippen LogP contribution in [0.4, 0.5) is 0 Å². The number of nitrogens with zero attached hydrogens (tertiary/aromatic N) is 1. The number of piperidine rings is 1. The Labute approximate surface area is 210 Å². The van der Waals surface area contributed by atoms with Crippen LogP contribution in [0.5, 0.6) is 11.5 Å². The number of carboxylic acid groups (broad SMARTS) is 1. The number of hydrogen-bond donors (Lipinski definition) is 2. The highest BCUT2D eigenvalue weighted by atomic mass is 16.6. The molecule has 194 valence electrons. The predicted molar refractivity (Wildman–Crippen MR) is 130 cm³/mol. The standard InChI is InChI=1S/C27H34N2O7/c1-14(2)23(26(32)33)28-20(30)9-10-21(31)35-19-8-6-16-17-13-15-5-7-18(34-4)24-22(15)27(16,25(19)36-24)11-12-29(17)3/h5-8,14,16-17,19,23,25H,9-13H2,1-4H3,(H,28,30)(H,32,33)/t16?,17-,19+,23+,25+,27+/m1/s1.